The van der Waals surface area contributed by atoms with Crippen LogP contribution in [0.25, 0.3) is 0 Å². The quantitative estimate of drug-likeness (QED) is 0.777. The molecule has 0 radical (unpaired) electrons. The van der Waals surface area contributed by atoms with E-state index in [0.29, 0.717) is 5.56 Å². The minimum absolute atomic E-state index is 0.0890. The standard InChI is InChI=1S/C19H24N2O4/c1-6-13-7-9-14(10-8-13)17(22)21(19(2,3)4)11-16-20-15(12-25-16)18(23)24-5/h7-10,12H,6,11H2,1-5H3. The highest BCUT2D eigenvalue weighted by Crippen LogP contribution is 2.21. The van der Waals surface area contributed by atoms with Crippen LogP contribution in [0.5, 0.6) is 0 Å². The molecule has 0 N–H and O–H groups in total. The van der Waals surface area contributed by atoms with E-state index in [2.05, 4.69) is 16.6 Å². The van der Waals surface area contributed by atoms with Crippen LogP contribution < -0.4 is 0 Å². The van der Waals surface area contributed by atoms with Crippen molar-refractivity contribution in [3.05, 3.63) is 53.2 Å². The van der Waals surface area contributed by atoms with E-state index in [1.807, 2.05) is 45.0 Å². The maximum Gasteiger partial charge on any atom is 0.360 e. The first-order chi connectivity index (χ1) is 11.8. The van der Waals surface area contributed by atoms with Crippen molar-refractivity contribution in [3.8, 4) is 0 Å². The van der Waals surface area contributed by atoms with Gasteiger partial charge in [-0.3, -0.25) is 4.79 Å². The van der Waals surface area contributed by atoms with Gasteiger partial charge in [0.1, 0.15) is 6.26 Å². The first kappa shape index (κ1) is 18.7. The van der Waals surface area contributed by atoms with Crippen LogP contribution in [0.4, 0.5) is 0 Å². The second-order valence-corrected chi connectivity index (χ2v) is 6.73. The van der Waals surface area contributed by atoms with E-state index in [4.69, 9.17) is 4.42 Å². The molecular formula is C19H24N2O4. The summed E-state index contributed by atoms with van der Waals surface area (Å²) >= 11 is 0. The zero-order valence-corrected chi connectivity index (χ0v) is 15.3. The van der Waals surface area contributed by atoms with Crippen molar-refractivity contribution in [1.82, 2.24) is 9.88 Å². The van der Waals surface area contributed by atoms with Crippen LogP contribution in [0.2, 0.25) is 0 Å². The van der Waals surface area contributed by atoms with Crippen molar-refractivity contribution in [1.29, 1.82) is 0 Å². The minimum atomic E-state index is -0.571. The number of nitrogens with zero attached hydrogens (tertiary/aromatic N) is 2. The SMILES string of the molecule is CCc1ccc(C(=O)N(Cc2nc(C(=O)OC)co2)C(C)(C)C)cc1. The van der Waals surface area contributed by atoms with Crippen molar-refractivity contribution in [2.45, 2.75) is 46.2 Å². The molecular weight excluding hydrogens is 320 g/mol. The number of esters is 1. The molecule has 1 heterocycles. The van der Waals surface area contributed by atoms with Gasteiger partial charge in [-0.25, -0.2) is 9.78 Å². The van der Waals surface area contributed by atoms with Crippen LogP contribution in [0.3, 0.4) is 0 Å². The first-order valence-corrected chi connectivity index (χ1v) is 8.20. The Hall–Kier alpha value is -2.63. The van der Waals surface area contributed by atoms with E-state index >= 15 is 0 Å². The average molecular weight is 344 g/mol. The van der Waals surface area contributed by atoms with Crippen LogP contribution in [-0.2, 0) is 17.7 Å². The molecule has 0 unspecified atom stereocenters. The van der Waals surface area contributed by atoms with E-state index in [0.717, 1.165) is 6.42 Å². The number of hydrogen-bond donors (Lipinski definition) is 0. The maximum absolute atomic E-state index is 13.0. The third-order valence-corrected chi connectivity index (χ3v) is 3.90. The molecule has 0 atom stereocenters. The average Bonchev–Trinajstić information content (AvgIpc) is 3.06. The van der Waals surface area contributed by atoms with Crippen LogP contribution in [0.1, 0.15) is 60.0 Å². The lowest BCUT2D eigenvalue weighted by Crippen LogP contribution is -2.45. The summed E-state index contributed by atoms with van der Waals surface area (Å²) in [6.45, 7) is 8.05. The molecule has 0 aliphatic carbocycles. The number of benzene rings is 1. The van der Waals surface area contributed by atoms with Crippen molar-refractivity contribution in [2.75, 3.05) is 7.11 Å². The molecule has 2 rings (SSSR count). The first-order valence-electron chi connectivity index (χ1n) is 8.20. The molecule has 134 valence electrons. The van der Waals surface area contributed by atoms with Gasteiger partial charge in [-0.2, -0.15) is 0 Å². The molecule has 1 amide bonds. The van der Waals surface area contributed by atoms with Crippen LogP contribution in [0, 0.1) is 0 Å². The van der Waals surface area contributed by atoms with Gasteiger partial charge in [0.2, 0.25) is 5.89 Å². The highest BCUT2D eigenvalue weighted by atomic mass is 16.5. The third kappa shape index (κ3) is 4.47. The number of carbonyl (C=O) groups is 2. The number of methoxy groups -OCH3 is 1. The molecule has 6 nitrogen and oxygen atoms in total. The second-order valence-electron chi connectivity index (χ2n) is 6.73. The van der Waals surface area contributed by atoms with Crippen LogP contribution in [-0.4, -0.2) is 34.4 Å². The Morgan fingerprint density at radius 3 is 2.36 bits per heavy atom. The van der Waals surface area contributed by atoms with Crippen LogP contribution in [0.15, 0.2) is 34.9 Å². The zero-order valence-electron chi connectivity index (χ0n) is 15.3. The number of carbonyl (C=O) groups excluding carboxylic acids is 2. The third-order valence-electron chi connectivity index (χ3n) is 3.90. The fraction of sp³-hybridized carbons (Fsp3) is 0.421. The number of oxazole rings is 1. The van der Waals surface area contributed by atoms with Gasteiger partial charge in [0.25, 0.3) is 5.91 Å². The summed E-state index contributed by atoms with van der Waals surface area (Å²) < 4.78 is 9.95. The molecule has 25 heavy (non-hydrogen) atoms. The fourth-order valence-electron chi connectivity index (χ4n) is 2.37. The molecule has 0 fully saturated rings. The Morgan fingerprint density at radius 2 is 1.84 bits per heavy atom. The molecule has 1 aromatic carbocycles. The van der Waals surface area contributed by atoms with E-state index in [1.54, 1.807) is 4.90 Å². The number of hydrogen-bond acceptors (Lipinski definition) is 5. The highest BCUT2D eigenvalue weighted by molar-refractivity contribution is 5.94. The van der Waals surface area contributed by atoms with Gasteiger partial charge in [0.15, 0.2) is 5.69 Å². The Kier molecular flexibility index (Phi) is 5.62. The second kappa shape index (κ2) is 7.51. The number of amides is 1. The molecule has 6 heteroatoms. The highest BCUT2D eigenvalue weighted by Gasteiger charge is 2.29. The number of ether oxygens (including phenoxy) is 1. The summed E-state index contributed by atoms with van der Waals surface area (Å²) in [6, 6.07) is 7.56. The monoisotopic (exact) mass is 344 g/mol. The maximum atomic E-state index is 13.0. The van der Waals surface area contributed by atoms with Gasteiger partial charge >= 0.3 is 5.97 Å². The summed E-state index contributed by atoms with van der Waals surface area (Å²) in [5, 5.41) is 0. The molecule has 0 aliphatic rings. The van der Waals surface area contributed by atoms with Gasteiger partial charge in [0, 0.05) is 11.1 Å². The molecule has 0 saturated heterocycles. The predicted octanol–water partition coefficient (Wildman–Crippen LogP) is 3.46. The van der Waals surface area contributed by atoms with Crippen LogP contribution >= 0.6 is 0 Å². The molecule has 0 spiro atoms. The minimum Gasteiger partial charge on any atom is -0.464 e. The Labute approximate surface area is 147 Å². The lowest BCUT2D eigenvalue weighted by atomic mass is 10.0. The number of aryl methyl sites for hydroxylation is 1. The van der Waals surface area contributed by atoms with Crippen molar-refractivity contribution in [2.24, 2.45) is 0 Å². The summed E-state index contributed by atoms with van der Waals surface area (Å²) in [5.74, 6) is -0.402. The van der Waals surface area contributed by atoms with Gasteiger partial charge < -0.3 is 14.1 Å². The topological polar surface area (TPSA) is 72.6 Å². The molecule has 0 aliphatic heterocycles. The van der Waals surface area contributed by atoms with Crippen molar-refractivity contribution in [3.63, 3.8) is 0 Å². The Bertz CT molecular complexity index is 742. The largest absolute Gasteiger partial charge is 0.464 e. The van der Waals surface area contributed by atoms with E-state index < -0.39 is 11.5 Å². The van der Waals surface area contributed by atoms with Gasteiger partial charge in [-0.05, 0) is 44.9 Å². The zero-order chi connectivity index (χ0) is 18.6. The van der Waals surface area contributed by atoms with Crippen molar-refractivity contribution >= 4 is 11.9 Å². The summed E-state index contributed by atoms with van der Waals surface area (Å²) in [6.07, 6.45) is 2.16. The Morgan fingerprint density at radius 1 is 1.20 bits per heavy atom. The van der Waals surface area contributed by atoms with Gasteiger partial charge in [-0.1, -0.05) is 19.1 Å². The van der Waals surface area contributed by atoms with E-state index in [9.17, 15) is 9.59 Å². The van der Waals surface area contributed by atoms with Crippen molar-refractivity contribution < 1.29 is 18.7 Å². The van der Waals surface area contributed by atoms with E-state index in [-0.39, 0.29) is 24.0 Å². The number of rotatable bonds is 5. The summed E-state index contributed by atoms with van der Waals surface area (Å²) in [7, 11) is 1.28. The summed E-state index contributed by atoms with van der Waals surface area (Å²) in [5.41, 5.74) is 1.42. The molecule has 2 aromatic rings. The smallest absolute Gasteiger partial charge is 0.360 e. The lowest BCUT2D eigenvalue weighted by molar-refractivity contribution is 0.0532. The molecule has 1 aromatic heterocycles. The normalized spacial score (nSPS) is 11.2. The predicted molar refractivity (Wildman–Crippen MR) is 93.3 cm³/mol. The molecule has 0 bridgehead atoms. The van der Waals surface area contributed by atoms with Gasteiger partial charge in [-0.15, -0.1) is 0 Å². The fourth-order valence-corrected chi connectivity index (χ4v) is 2.37. The van der Waals surface area contributed by atoms with Gasteiger partial charge in [0.05, 0.1) is 13.7 Å². The number of aromatic nitrogens is 1. The molecule has 0 saturated carbocycles. The summed E-state index contributed by atoms with van der Waals surface area (Å²) in [4.78, 5) is 30.2. The van der Waals surface area contributed by atoms with E-state index in [1.165, 1.54) is 18.9 Å². The Balaban J connectivity index is 2.25. The lowest BCUT2D eigenvalue weighted by Gasteiger charge is -2.34.